The molecule has 30 heavy (non-hydrogen) atoms. The molecule has 2 aromatic carbocycles. The number of aryl methyl sites for hydroxylation is 2. The molecule has 6 heteroatoms. The summed E-state index contributed by atoms with van der Waals surface area (Å²) >= 11 is 0. The fourth-order valence-electron chi connectivity index (χ4n) is 2.98. The van der Waals surface area contributed by atoms with Crippen molar-refractivity contribution in [2.75, 3.05) is 5.32 Å². The van der Waals surface area contributed by atoms with Crippen molar-refractivity contribution in [2.45, 2.75) is 33.4 Å². The summed E-state index contributed by atoms with van der Waals surface area (Å²) in [6.45, 7) is 5.97. The van der Waals surface area contributed by atoms with Crippen LogP contribution >= 0.6 is 0 Å². The number of amides is 2. The van der Waals surface area contributed by atoms with Crippen LogP contribution in [-0.2, 0) is 11.3 Å². The van der Waals surface area contributed by atoms with E-state index in [1.165, 1.54) is 0 Å². The molecule has 0 aliphatic rings. The van der Waals surface area contributed by atoms with Crippen LogP contribution in [0.1, 0.15) is 34.0 Å². The fourth-order valence-corrected chi connectivity index (χ4v) is 2.98. The van der Waals surface area contributed by atoms with Gasteiger partial charge >= 0.3 is 0 Å². The number of carbonyl (C=O) groups excluding carboxylic acids is 2. The maximum Gasteiger partial charge on any atom is 0.265 e. The Balaban J connectivity index is 1.66. The third-order valence-electron chi connectivity index (χ3n) is 4.61. The minimum Gasteiger partial charge on any atom is -0.481 e. The summed E-state index contributed by atoms with van der Waals surface area (Å²) in [4.78, 5) is 29.4. The van der Waals surface area contributed by atoms with Crippen LogP contribution in [-0.4, -0.2) is 22.9 Å². The molecule has 0 fully saturated rings. The van der Waals surface area contributed by atoms with E-state index in [4.69, 9.17) is 4.74 Å². The van der Waals surface area contributed by atoms with Crippen LogP contribution in [0.4, 0.5) is 5.69 Å². The lowest BCUT2D eigenvalue weighted by molar-refractivity contribution is -0.122. The highest BCUT2D eigenvalue weighted by molar-refractivity contribution is 6.04. The minimum absolute atomic E-state index is 0.280. The van der Waals surface area contributed by atoms with Gasteiger partial charge in [0.2, 0.25) is 0 Å². The number of anilines is 1. The lowest BCUT2D eigenvalue weighted by Crippen LogP contribution is -2.32. The first-order chi connectivity index (χ1) is 14.4. The molecule has 2 N–H and O–H groups in total. The smallest absolute Gasteiger partial charge is 0.265 e. The van der Waals surface area contributed by atoms with Gasteiger partial charge in [-0.15, -0.1) is 0 Å². The van der Waals surface area contributed by atoms with Gasteiger partial charge in [0.25, 0.3) is 11.8 Å². The average Bonchev–Trinajstić information content (AvgIpc) is 2.75. The quantitative estimate of drug-likeness (QED) is 0.624. The molecule has 2 amide bonds. The molecule has 154 valence electrons. The molecule has 1 atom stereocenters. The van der Waals surface area contributed by atoms with Crippen LogP contribution in [0.5, 0.6) is 5.75 Å². The Morgan fingerprint density at radius 2 is 1.87 bits per heavy atom. The second kappa shape index (κ2) is 9.69. The van der Waals surface area contributed by atoms with Crippen LogP contribution in [0, 0.1) is 13.8 Å². The SMILES string of the molecule is Cc1ccc(O[C@@H](C)C(=O)Nc2ccccc2C(=O)NCc2cccnc2)c(C)c1. The van der Waals surface area contributed by atoms with E-state index >= 15 is 0 Å². The van der Waals surface area contributed by atoms with Gasteiger partial charge in [0.05, 0.1) is 11.3 Å². The molecule has 6 nitrogen and oxygen atoms in total. The monoisotopic (exact) mass is 403 g/mol. The Kier molecular flexibility index (Phi) is 6.80. The molecule has 0 aliphatic heterocycles. The van der Waals surface area contributed by atoms with E-state index in [1.54, 1.807) is 43.6 Å². The van der Waals surface area contributed by atoms with Gasteiger partial charge in [0.1, 0.15) is 5.75 Å². The number of nitrogens with zero attached hydrogens (tertiary/aromatic N) is 1. The molecule has 0 bridgehead atoms. The van der Waals surface area contributed by atoms with Crippen molar-refractivity contribution in [1.29, 1.82) is 0 Å². The summed E-state index contributed by atoms with van der Waals surface area (Å²) in [6.07, 6.45) is 2.65. The molecule has 0 saturated carbocycles. The van der Waals surface area contributed by atoms with Gasteiger partial charge in [-0.1, -0.05) is 35.9 Å². The first kappa shape index (κ1) is 21.0. The van der Waals surface area contributed by atoms with Gasteiger partial charge in [-0.05, 0) is 56.2 Å². The number of rotatable bonds is 7. The highest BCUT2D eigenvalue weighted by atomic mass is 16.5. The van der Waals surface area contributed by atoms with Crippen molar-refractivity contribution in [3.8, 4) is 5.75 Å². The maximum atomic E-state index is 12.7. The average molecular weight is 403 g/mol. The maximum absolute atomic E-state index is 12.7. The number of carbonyl (C=O) groups is 2. The molecule has 0 aliphatic carbocycles. The van der Waals surface area contributed by atoms with Crippen LogP contribution in [0.15, 0.2) is 67.0 Å². The molecule has 3 rings (SSSR count). The molecule has 0 unspecified atom stereocenters. The van der Waals surface area contributed by atoms with E-state index in [-0.39, 0.29) is 11.8 Å². The second-order valence-corrected chi connectivity index (χ2v) is 7.11. The van der Waals surface area contributed by atoms with Crippen molar-refractivity contribution in [2.24, 2.45) is 0 Å². The predicted octanol–water partition coefficient (Wildman–Crippen LogP) is 4.03. The number of benzene rings is 2. The van der Waals surface area contributed by atoms with E-state index < -0.39 is 6.10 Å². The Morgan fingerprint density at radius 3 is 2.60 bits per heavy atom. The topological polar surface area (TPSA) is 80.3 Å². The van der Waals surface area contributed by atoms with Crippen LogP contribution in [0.25, 0.3) is 0 Å². The zero-order valence-electron chi connectivity index (χ0n) is 17.3. The van der Waals surface area contributed by atoms with Gasteiger partial charge in [0.15, 0.2) is 6.10 Å². The third-order valence-corrected chi connectivity index (χ3v) is 4.61. The molecule has 0 saturated heterocycles. The first-order valence-corrected chi connectivity index (χ1v) is 9.75. The summed E-state index contributed by atoms with van der Waals surface area (Å²) in [5, 5.41) is 5.65. The van der Waals surface area contributed by atoms with E-state index in [0.29, 0.717) is 23.5 Å². The van der Waals surface area contributed by atoms with Crippen molar-refractivity contribution < 1.29 is 14.3 Å². The van der Waals surface area contributed by atoms with Gasteiger partial charge in [-0.25, -0.2) is 0 Å². The summed E-state index contributed by atoms with van der Waals surface area (Å²) in [5.74, 6) is 0.0472. The molecule has 0 radical (unpaired) electrons. The Bertz CT molecular complexity index is 1030. The zero-order chi connectivity index (χ0) is 21.5. The van der Waals surface area contributed by atoms with E-state index in [1.807, 2.05) is 44.2 Å². The third kappa shape index (κ3) is 5.44. The van der Waals surface area contributed by atoms with E-state index in [0.717, 1.165) is 16.7 Å². The predicted molar refractivity (Wildman–Crippen MR) is 116 cm³/mol. The Morgan fingerprint density at radius 1 is 1.07 bits per heavy atom. The van der Waals surface area contributed by atoms with Gasteiger partial charge < -0.3 is 15.4 Å². The summed E-state index contributed by atoms with van der Waals surface area (Å²) < 4.78 is 5.82. The fraction of sp³-hybridized carbons (Fsp3) is 0.208. The number of ether oxygens (including phenoxy) is 1. The van der Waals surface area contributed by atoms with E-state index in [2.05, 4.69) is 15.6 Å². The standard InChI is InChI=1S/C24H25N3O3/c1-16-10-11-22(17(2)13-16)30-18(3)23(28)27-21-9-5-4-8-20(21)24(29)26-15-19-7-6-12-25-14-19/h4-14,18H,15H2,1-3H3,(H,26,29)(H,27,28)/t18-/m0/s1. The number of aromatic nitrogens is 1. The largest absolute Gasteiger partial charge is 0.481 e. The highest BCUT2D eigenvalue weighted by Gasteiger charge is 2.19. The lowest BCUT2D eigenvalue weighted by atomic mass is 10.1. The molecule has 3 aromatic rings. The zero-order valence-corrected chi connectivity index (χ0v) is 17.3. The van der Waals surface area contributed by atoms with Crippen molar-refractivity contribution >= 4 is 17.5 Å². The van der Waals surface area contributed by atoms with Gasteiger partial charge in [-0.2, -0.15) is 0 Å². The Labute approximate surface area is 176 Å². The summed E-state index contributed by atoms with van der Waals surface area (Å²) in [6, 6.07) is 16.4. The van der Waals surface area contributed by atoms with Gasteiger partial charge in [-0.3, -0.25) is 14.6 Å². The summed E-state index contributed by atoms with van der Waals surface area (Å²) in [5.41, 5.74) is 3.80. The van der Waals surface area contributed by atoms with Crippen LogP contribution in [0.2, 0.25) is 0 Å². The highest BCUT2D eigenvalue weighted by Crippen LogP contribution is 2.21. The molecular formula is C24H25N3O3. The van der Waals surface area contributed by atoms with Crippen molar-refractivity contribution in [3.05, 3.63) is 89.2 Å². The van der Waals surface area contributed by atoms with E-state index in [9.17, 15) is 9.59 Å². The van der Waals surface area contributed by atoms with Crippen molar-refractivity contribution in [1.82, 2.24) is 10.3 Å². The number of pyridine rings is 1. The number of hydrogen-bond donors (Lipinski definition) is 2. The van der Waals surface area contributed by atoms with Crippen LogP contribution < -0.4 is 15.4 Å². The first-order valence-electron chi connectivity index (χ1n) is 9.75. The Hall–Kier alpha value is -3.67. The molecule has 1 heterocycles. The number of hydrogen-bond acceptors (Lipinski definition) is 4. The van der Waals surface area contributed by atoms with Crippen molar-refractivity contribution in [3.63, 3.8) is 0 Å². The number of para-hydroxylation sites is 1. The molecular weight excluding hydrogens is 378 g/mol. The second-order valence-electron chi connectivity index (χ2n) is 7.11. The number of nitrogens with one attached hydrogen (secondary N) is 2. The minimum atomic E-state index is -0.724. The lowest BCUT2D eigenvalue weighted by Gasteiger charge is -2.18. The van der Waals surface area contributed by atoms with Crippen LogP contribution in [0.3, 0.4) is 0 Å². The molecule has 0 spiro atoms. The normalized spacial score (nSPS) is 11.4. The summed E-state index contributed by atoms with van der Waals surface area (Å²) in [7, 11) is 0. The molecule has 1 aromatic heterocycles. The van der Waals surface area contributed by atoms with Gasteiger partial charge in [0, 0.05) is 18.9 Å².